The summed E-state index contributed by atoms with van der Waals surface area (Å²) < 4.78 is 12.0. The number of hydrogen-bond donors (Lipinski definition) is 0. The van der Waals surface area contributed by atoms with Gasteiger partial charge in [0.05, 0.1) is 18.8 Å². The molecule has 4 unspecified atom stereocenters. The number of fused-ring (bicyclic) bond motifs is 3. The second-order valence-corrected chi connectivity index (χ2v) is 8.43. The van der Waals surface area contributed by atoms with Gasteiger partial charge in [-0.1, -0.05) is 13.8 Å². The molecule has 0 amide bonds. The fourth-order valence-electron chi connectivity index (χ4n) is 5.54. The van der Waals surface area contributed by atoms with E-state index < -0.39 is 0 Å². The maximum Gasteiger partial charge on any atom is 0.177 e. The molecule has 2 heterocycles. The number of nitrogens with zero attached hydrogens (tertiary/aromatic N) is 1. The molecule has 0 aromatic carbocycles. The van der Waals surface area contributed by atoms with Crippen molar-refractivity contribution in [1.29, 1.82) is 0 Å². The zero-order valence-corrected chi connectivity index (χ0v) is 13.9. The summed E-state index contributed by atoms with van der Waals surface area (Å²) in [5.41, 5.74) is -0.110. The lowest BCUT2D eigenvalue weighted by Gasteiger charge is -2.52. The van der Waals surface area contributed by atoms with Crippen LogP contribution in [0.15, 0.2) is 0 Å². The number of ether oxygens (including phenoxy) is 2. The number of rotatable bonds is 2. The quantitative estimate of drug-likeness (QED) is 0.782. The molecule has 0 aromatic heterocycles. The zero-order valence-electron chi connectivity index (χ0n) is 13.9. The van der Waals surface area contributed by atoms with Crippen LogP contribution in [-0.4, -0.2) is 35.8 Å². The lowest BCUT2D eigenvalue weighted by molar-refractivity contribution is -0.356. The van der Waals surface area contributed by atoms with Crippen molar-refractivity contribution in [3.05, 3.63) is 0 Å². The van der Waals surface area contributed by atoms with Crippen LogP contribution in [0.4, 0.5) is 0 Å². The summed E-state index contributed by atoms with van der Waals surface area (Å²) in [5.74, 6) is 1.50. The van der Waals surface area contributed by atoms with Crippen molar-refractivity contribution in [2.45, 2.75) is 77.4 Å². The Kier molecular flexibility index (Phi) is 3.05. The summed E-state index contributed by atoms with van der Waals surface area (Å²) in [6, 6.07) is 0. The monoisotopic (exact) mass is 295 g/mol. The van der Waals surface area contributed by atoms with Crippen molar-refractivity contribution in [2.24, 2.45) is 17.3 Å². The maximum absolute atomic E-state index is 6.40. The van der Waals surface area contributed by atoms with E-state index in [2.05, 4.69) is 32.8 Å². The predicted molar refractivity (Wildman–Crippen MR) is 79.3 cm³/mol. The maximum atomic E-state index is 6.40. The van der Waals surface area contributed by atoms with Crippen molar-refractivity contribution >= 4 is 0 Å². The number of hydrogen-bond acceptors (Lipinski definition) is 4. The topological polar surface area (TPSA) is 30.9 Å². The van der Waals surface area contributed by atoms with Crippen LogP contribution in [0.2, 0.25) is 0 Å². The van der Waals surface area contributed by atoms with E-state index in [0.29, 0.717) is 5.92 Å². The lowest BCUT2D eigenvalue weighted by atomic mass is 9.63. The van der Waals surface area contributed by atoms with Crippen LogP contribution < -0.4 is 0 Å². The van der Waals surface area contributed by atoms with Gasteiger partial charge in [-0.25, -0.2) is 0 Å². The lowest BCUT2D eigenvalue weighted by Crippen LogP contribution is -2.63. The van der Waals surface area contributed by atoms with Gasteiger partial charge in [0, 0.05) is 6.42 Å². The standard InChI is InChI=1S/C17H29NO3/c1-15(2)12-7-8-13(10-12)17(15)11-20-16(3,4)18(17)21-14-6-5-9-19-14/h12-14H,5-11H2,1-4H3. The Bertz CT molecular complexity index is 430. The fourth-order valence-corrected chi connectivity index (χ4v) is 5.54. The normalized spacial score (nSPS) is 47.7. The molecule has 2 saturated carbocycles. The van der Waals surface area contributed by atoms with Gasteiger partial charge >= 0.3 is 0 Å². The van der Waals surface area contributed by atoms with Gasteiger partial charge in [-0.05, 0) is 56.8 Å². The van der Waals surface area contributed by atoms with Crippen molar-refractivity contribution in [3.63, 3.8) is 0 Å². The highest BCUT2D eigenvalue weighted by Gasteiger charge is 2.71. The molecule has 4 nitrogen and oxygen atoms in total. The molecule has 4 fully saturated rings. The highest BCUT2D eigenvalue weighted by atomic mass is 16.8. The van der Waals surface area contributed by atoms with E-state index in [1.165, 1.54) is 19.3 Å². The Balaban J connectivity index is 1.69. The molecule has 4 aliphatic rings. The van der Waals surface area contributed by atoms with E-state index in [0.717, 1.165) is 32.0 Å². The van der Waals surface area contributed by atoms with Crippen molar-refractivity contribution in [2.75, 3.05) is 13.2 Å². The van der Waals surface area contributed by atoms with Crippen LogP contribution in [0.3, 0.4) is 0 Å². The highest BCUT2D eigenvalue weighted by Crippen LogP contribution is 2.66. The van der Waals surface area contributed by atoms with E-state index in [-0.39, 0.29) is 23.0 Å². The molecule has 0 aromatic rings. The van der Waals surface area contributed by atoms with Crippen LogP contribution in [0.5, 0.6) is 0 Å². The van der Waals surface area contributed by atoms with Crippen LogP contribution >= 0.6 is 0 Å². The van der Waals surface area contributed by atoms with Gasteiger partial charge in [-0.3, -0.25) is 4.84 Å². The first-order valence-corrected chi connectivity index (χ1v) is 8.60. The van der Waals surface area contributed by atoms with Crippen LogP contribution in [-0.2, 0) is 14.3 Å². The molecule has 2 saturated heterocycles. The molecule has 1 spiro atoms. The van der Waals surface area contributed by atoms with Crippen LogP contribution in [0.1, 0.15) is 59.8 Å². The zero-order chi connectivity index (χ0) is 14.9. The van der Waals surface area contributed by atoms with E-state index in [4.69, 9.17) is 14.3 Å². The van der Waals surface area contributed by atoms with Gasteiger partial charge in [0.15, 0.2) is 6.29 Å². The molecular weight excluding hydrogens is 266 g/mol. The minimum Gasteiger partial charge on any atom is -0.357 e. The van der Waals surface area contributed by atoms with Gasteiger partial charge in [0.2, 0.25) is 0 Å². The third-order valence-electron chi connectivity index (χ3n) is 6.85. The van der Waals surface area contributed by atoms with E-state index >= 15 is 0 Å². The Morgan fingerprint density at radius 3 is 2.43 bits per heavy atom. The Hall–Kier alpha value is -0.160. The van der Waals surface area contributed by atoms with Gasteiger partial charge in [-0.15, -0.1) is 5.06 Å². The Morgan fingerprint density at radius 2 is 1.81 bits per heavy atom. The van der Waals surface area contributed by atoms with Crippen molar-refractivity contribution < 1.29 is 14.3 Å². The van der Waals surface area contributed by atoms with Gasteiger partial charge in [0.1, 0.15) is 5.72 Å². The molecule has 2 aliphatic heterocycles. The summed E-state index contributed by atoms with van der Waals surface area (Å²) in [4.78, 5) is 6.40. The first kappa shape index (κ1) is 14.4. The van der Waals surface area contributed by atoms with Crippen molar-refractivity contribution in [3.8, 4) is 0 Å². The molecule has 4 heteroatoms. The van der Waals surface area contributed by atoms with E-state index in [9.17, 15) is 0 Å². The highest BCUT2D eigenvalue weighted by molar-refractivity contribution is 5.19. The van der Waals surface area contributed by atoms with Gasteiger partial charge < -0.3 is 9.47 Å². The minimum atomic E-state index is -0.367. The average molecular weight is 295 g/mol. The molecule has 2 aliphatic carbocycles. The Labute approximate surface area is 128 Å². The average Bonchev–Trinajstić information content (AvgIpc) is 3.14. The first-order valence-electron chi connectivity index (χ1n) is 8.60. The van der Waals surface area contributed by atoms with Crippen molar-refractivity contribution in [1.82, 2.24) is 5.06 Å². The van der Waals surface area contributed by atoms with E-state index in [1.54, 1.807) is 0 Å². The third-order valence-corrected chi connectivity index (χ3v) is 6.85. The molecule has 0 radical (unpaired) electrons. The SMILES string of the molecule is CC1(C)OCC2(C3CCC(C3)C2(C)C)N1OC1CCCO1. The molecule has 2 bridgehead atoms. The van der Waals surface area contributed by atoms with Crippen LogP contribution in [0, 0.1) is 17.3 Å². The van der Waals surface area contributed by atoms with Gasteiger partial charge in [0.25, 0.3) is 0 Å². The largest absolute Gasteiger partial charge is 0.357 e. The molecule has 4 rings (SSSR count). The van der Waals surface area contributed by atoms with E-state index in [1.807, 2.05) is 0 Å². The first-order chi connectivity index (χ1) is 9.88. The smallest absolute Gasteiger partial charge is 0.177 e. The van der Waals surface area contributed by atoms with Gasteiger partial charge in [-0.2, -0.15) is 0 Å². The summed E-state index contributed by atoms with van der Waals surface area (Å²) in [7, 11) is 0. The fraction of sp³-hybridized carbons (Fsp3) is 1.00. The minimum absolute atomic E-state index is 0.0192. The molecule has 0 N–H and O–H groups in total. The predicted octanol–water partition coefficient (Wildman–Crippen LogP) is 3.32. The number of hydroxylamine groups is 2. The second kappa shape index (κ2) is 4.44. The Morgan fingerprint density at radius 1 is 1.05 bits per heavy atom. The second-order valence-electron chi connectivity index (χ2n) is 8.43. The molecule has 4 atom stereocenters. The molecule has 120 valence electrons. The van der Waals surface area contributed by atoms with Crippen LogP contribution in [0.25, 0.3) is 0 Å². The molecular formula is C17H29NO3. The summed E-state index contributed by atoms with van der Waals surface area (Å²) >= 11 is 0. The third kappa shape index (κ3) is 1.76. The summed E-state index contributed by atoms with van der Waals surface area (Å²) in [6.07, 6.45) is 6.03. The molecule has 21 heavy (non-hydrogen) atoms. The summed E-state index contributed by atoms with van der Waals surface area (Å²) in [5, 5.41) is 2.22. The summed E-state index contributed by atoms with van der Waals surface area (Å²) in [6.45, 7) is 10.7.